The molecule has 0 spiro atoms. The molecule has 6 heteroatoms. The topological polar surface area (TPSA) is 69.6 Å². The first kappa shape index (κ1) is 13.9. The lowest BCUT2D eigenvalue weighted by Crippen LogP contribution is -2.43. The number of sulfone groups is 1. The van der Waals surface area contributed by atoms with Crippen LogP contribution >= 0.6 is 0 Å². The van der Waals surface area contributed by atoms with Crippen LogP contribution in [0, 0.1) is 0 Å². The van der Waals surface area contributed by atoms with E-state index < -0.39 is 15.9 Å². The molecule has 1 fully saturated rings. The van der Waals surface area contributed by atoms with Crippen LogP contribution in [0.5, 0.6) is 0 Å². The highest BCUT2D eigenvalue weighted by atomic mass is 32.2. The molecule has 0 radical (unpaired) electrons. The second kappa shape index (κ2) is 5.95. The Labute approximate surface area is 97.7 Å². The maximum Gasteiger partial charge on any atom is 0.151 e. The van der Waals surface area contributed by atoms with Crippen LogP contribution in [0.1, 0.15) is 13.3 Å². The van der Waals surface area contributed by atoms with Gasteiger partial charge in [-0.05, 0) is 20.0 Å². The van der Waals surface area contributed by atoms with Crippen molar-refractivity contribution in [1.29, 1.82) is 0 Å². The molecule has 16 heavy (non-hydrogen) atoms. The van der Waals surface area contributed by atoms with Crippen molar-refractivity contribution in [1.82, 2.24) is 10.2 Å². The molecule has 1 rings (SSSR count). The predicted octanol–water partition coefficient (Wildman–Crippen LogP) is -0.924. The third kappa shape index (κ3) is 4.01. The number of hydrogen-bond donors (Lipinski definition) is 2. The van der Waals surface area contributed by atoms with Gasteiger partial charge in [-0.3, -0.25) is 4.90 Å². The Morgan fingerprint density at radius 1 is 1.56 bits per heavy atom. The Balaban J connectivity index is 2.49. The van der Waals surface area contributed by atoms with Crippen molar-refractivity contribution in [2.24, 2.45) is 0 Å². The fourth-order valence-electron chi connectivity index (χ4n) is 2.17. The van der Waals surface area contributed by atoms with E-state index in [1.165, 1.54) is 0 Å². The second-order valence-electron chi connectivity index (χ2n) is 4.36. The van der Waals surface area contributed by atoms with Gasteiger partial charge in [0.05, 0.1) is 17.6 Å². The average Bonchev–Trinajstić information content (AvgIpc) is 2.55. The zero-order valence-electron chi connectivity index (χ0n) is 10.0. The molecule has 1 aliphatic heterocycles. The molecule has 1 aliphatic rings. The zero-order chi connectivity index (χ0) is 12.2. The highest BCUT2D eigenvalue weighted by molar-refractivity contribution is 7.91. The number of rotatable bonds is 6. The molecule has 0 aromatic heterocycles. The van der Waals surface area contributed by atoms with Gasteiger partial charge in [0, 0.05) is 19.1 Å². The summed E-state index contributed by atoms with van der Waals surface area (Å²) < 4.78 is 22.7. The van der Waals surface area contributed by atoms with E-state index in [4.69, 9.17) is 0 Å². The molecule has 96 valence electrons. The summed E-state index contributed by atoms with van der Waals surface area (Å²) in [6.07, 6.45) is 0.260. The van der Waals surface area contributed by atoms with Crippen LogP contribution in [0.2, 0.25) is 0 Å². The highest BCUT2D eigenvalue weighted by Gasteiger charge is 2.32. The number of hydrogen-bond acceptors (Lipinski definition) is 5. The molecule has 0 bridgehead atoms. The number of likely N-dealkylation sites (N-methyl/N-ethyl adjacent to an activating group) is 2. The first-order valence-corrected chi connectivity index (χ1v) is 7.57. The van der Waals surface area contributed by atoms with Crippen LogP contribution in [0.15, 0.2) is 0 Å². The zero-order valence-corrected chi connectivity index (χ0v) is 10.8. The van der Waals surface area contributed by atoms with Crippen molar-refractivity contribution < 1.29 is 13.5 Å². The molecule has 0 aromatic rings. The Kier molecular flexibility index (Phi) is 5.17. The summed E-state index contributed by atoms with van der Waals surface area (Å²) in [6.45, 7) is 3.85. The lowest BCUT2D eigenvalue weighted by molar-refractivity contribution is 0.0967. The molecule has 0 saturated carbocycles. The van der Waals surface area contributed by atoms with Crippen LogP contribution in [0.4, 0.5) is 0 Å². The minimum absolute atomic E-state index is 0.0847. The Bertz CT molecular complexity index is 305. The largest absolute Gasteiger partial charge is 0.390 e. The van der Waals surface area contributed by atoms with E-state index in [2.05, 4.69) is 10.2 Å². The molecule has 1 heterocycles. The van der Waals surface area contributed by atoms with Gasteiger partial charge in [0.25, 0.3) is 0 Å². The summed E-state index contributed by atoms with van der Waals surface area (Å²) in [7, 11) is -1.05. The molecular weight excluding hydrogens is 228 g/mol. The quantitative estimate of drug-likeness (QED) is 0.638. The molecule has 5 nitrogen and oxygen atoms in total. The summed E-state index contributed by atoms with van der Waals surface area (Å²) >= 11 is 0. The van der Waals surface area contributed by atoms with Crippen LogP contribution in [-0.2, 0) is 9.84 Å². The van der Waals surface area contributed by atoms with Crippen molar-refractivity contribution >= 4 is 9.84 Å². The van der Waals surface area contributed by atoms with Crippen molar-refractivity contribution in [2.45, 2.75) is 25.5 Å². The summed E-state index contributed by atoms with van der Waals surface area (Å²) in [5.41, 5.74) is 0. The second-order valence-corrected chi connectivity index (χ2v) is 6.58. The van der Waals surface area contributed by atoms with E-state index in [0.717, 1.165) is 6.54 Å². The van der Waals surface area contributed by atoms with Crippen LogP contribution in [0.25, 0.3) is 0 Å². The van der Waals surface area contributed by atoms with Crippen LogP contribution in [-0.4, -0.2) is 68.8 Å². The van der Waals surface area contributed by atoms with Gasteiger partial charge in [-0.1, -0.05) is 6.92 Å². The fourth-order valence-corrected chi connectivity index (χ4v) is 3.93. The summed E-state index contributed by atoms with van der Waals surface area (Å²) in [6, 6.07) is 0.0847. The van der Waals surface area contributed by atoms with Gasteiger partial charge in [0.15, 0.2) is 9.84 Å². The fraction of sp³-hybridized carbons (Fsp3) is 1.00. The van der Waals surface area contributed by atoms with Gasteiger partial charge in [-0.25, -0.2) is 8.42 Å². The molecule has 2 unspecified atom stereocenters. The molecule has 0 aromatic carbocycles. The van der Waals surface area contributed by atoms with Crippen molar-refractivity contribution in [3.63, 3.8) is 0 Å². The van der Waals surface area contributed by atoms with Crippen molar-refractivity contribution in [3.05, 3.63) is 0 Å². The number of nitrogens with zero attached hydrogens (tertiary/aromatic N) is 1. The lowest BCUT2D eigenvalue weighted by Gasteiger charge is -2.28. The third-order valence-electron chi connectivity index (χ3n) is 3.02. The van der Waals surface area contributed by atoms with E-state index in [1.807, 2.05) is 6.92 Å². The normalized spacial score (nSPS) is 26.1. The first-order valence-electron chi connectivity index (χ1n) is 5.75. The maximum atomic E-state index is 11.4. The molecule has 0 aliphatic carbocycles. The molecule has 1 saturated heterocycles. The minimum Gasteiger partial charge on any atom is -0.390 e. The third-order valence-corrected chi connectivity index (χ3v) is 4.77. The summed E-state index contributed by atoms with van der Waals surface area (Å²) in [5.74, 6) is 0.531. The summed E-state index contributed by atoms with van der Waals surface area (Å²) in [4.78, 5) is 2.06. The van der Waals surface area contributed by atoms with Gasteiger partial charge in [0.2, 0.25) is 0 Å². The monoisotopic (exact) mass is 250 g/mol. The van der Waals surface area contributed by atoms with Gasteiger partial charge in [-0.15, -0.1) is 0 Å². The lowest BCUT2D eigenvalue weighted by atomic mass is 10.2. The SMILES string of the molecule is CCN(CC(O)CNC)C1CCS(=O)(=O)C1. The van der Waals surface area contributed by atoms with Crippen molar-refractivity contribution in [2.75, 3.05) is 38.2 Å². The average molecular weight is 250 g/mol. The Morgan fingerprint density at radius 2 is 2.25 bits per heavy atom. The van der Waals surface area contributed by atoms with Gasteiger partial charge in [-0.2, -0.15) is 0 Å². The molecular formula is C10H22N2O3S. The van der Waals surface area contributed by atoms with Crippen molar-refractivity contribution in [3.8, 4) is 0 Å². The Morgan fingerprint density at radius 3 is 2.69 bits per heavy atom. The standard InChI is InChI=1S/C10H22N2O3S/c1-3-12(7-10(13)6-11-2)9-4-5-16(14,15)8-9/h9-11,13H,3-8H2,1-2H3. The Hall–Kier alpha value is -0.170. The molecule has 2 N–H and O–H groups in total. The van der Waals surface area contributed by atoms with E-state index in [-0.39, 0.29) is 17.5 Å². The van der Waals surface area contributed by atoms with E-state index in [0.29, 0.717) is 19.5 Å². The smallest absolute Gasteiger partial charge is 0.151 e. The summed E-state index contributed by atoms with van der Waals surface area (Å²) in [5, 5.41) is 12.6. The minimum atomic E-state index is -2.84. The van der Waals surface area contributed by atoms with Crippen LogP contribution in [0.3, 0.4) is 0 Å². The molecule has 0 amide bonds. The van der Waals surface area contributed by atoms with Gasteiger partial charge >= 0.3 is 0 Å². The maximum absolute atomic E-state index is 11.4. The van der Waals surface area contributed by atoms with E-state index >= 15 is 0 Å². The van der Waals surface area contributed by atoms with E-state index in [9.17, 15) is 13.5 Å². The number of aliphatic hydroxyl groups is 1. The predicted molar refractivity (Wildman–Crippen MR) is 64.2 cm³/mol. The van der Waals surface area contributed by atoms with Crippen LogP contribution < -0.4 is 5.32 Å². The van der Waals surface area contributed by atoms with E-state index in [1.54, 1.807) is 7.05 Å². The highest BCUT2D eigenvalue weighted by Crippen LogP contribution is 2.17. The van der Waals surface area contributed by atoms with Gasteiger partial charge in [0.1, 0.15) is 0 Å². The molecule has 2 atom stereocenters. The first-order chi connectivity index (χ1) is 7.48. The number of nitrogens with one attached hydrogen (secondary N) is 1. The number of aliphatic hydroxyl groups excluding tert-OH is 1. The van der Waals surface area contributed by atoms with Gasteiger partial charge < -0.3 is 10.4 Å².